The summed E-state index contributed by atoms with van der Waals surface area (Å²) in [7, 11) is 1.23. The maximum Gasteiger partial charge on any atom is 0.387 e. The van der Waals surface area contributed by atoms with Crippen LogP contribution in [0.15, 0.2) is 59.5 Å². The number of carbonyl (C=O) groups excluding carboxylic acids is 2. The van der Waals surface area contributed by atoms with Gasteiger partial charge in [-0.15, -0.1) is 0 Å². The lowest BCUT2D eigenvalue weighted by atomic mass is 9.92. The molecule has 0 spiro atoms. The van der Waals surface area contributed by atoms with Crippen LogP contribution in [0.4, 0.5) is 23.2 Å². The van der Waals surface area contributed by atoms with Crippen LogP contribution in [-0.4, -0.2) is 43.1 Å². The summed E-state index contributed by atoms with van der Waals surface area (Å²) >= 11 is 0. The highest BCUT2D eigenvalue weighted by Gasteiger charge is 2.45. The van der Waals surface area contributed by atoms with Crippen molar-refractivity contribution in [1.82, 2.24) is 10.3 Å². The number of hydrogen-bond acceptors (Lipinski definition) is 5. The Balaban J connectivity index is 1.69. The first-order chi connectivity index (χ1) is 17.2. The van der Waals surface area contributed by atoms with E-state index >= 15 is 0 Å². The van der Waals surface area contributed by atoms with Crippen molar-refractivity contribution in [2.75, 3.05) is 18.6 Å². The summed E-state index contributed by atoms with van der Waals surface area (Å²) in [5, 5.41) is 2.46. The molecule has 1 aromatic heterocycles. The molecule has 3 aromatic rings. The highest BCUT2D eigenvalue weighted by molar-refractivity contribution is 6.05. The third-order valence-corrected chi connectivity index (χ3v) is 5.69. The standard InChI is InChI=1S/C24H19F4N3O5/c1-35-14-9-16(25)19(17(26)10-14)15-11-31(18-3-2-8-29-22(18)33)23(34)20(15)30-21(32)12-4-6-13(7-5-12)36-24(27)28/h2-10,15,20,24H,11H2,1H3,(H,29,33)(H,30,32)/t15-,20-/m0/s1. The van der Waals surface area contributed by atoms with Crippen LogP contribution in [0.25, 0.3) is 0 Å². The number of nitrogens with one attached hydrogen (secondary N) is 2. The molecule has 2 amide bonds. The third kappa shape index (κ3) is 4.88. The van der Waals surface area contributed by atoms with Gasteiger partial charge in [-0.05, 0) is 36.4 Å². The Morgan fingerprint density at radius 3 is 2.33 bits per heavy atom. The quantitative estimate of drug-likeness (QED) is 0.481. The minimum atomic E-state index is -3.05. The molecule has 0 aliphatic carbocycles. The molecule has 0 unspecified atom stereocenters. The van der Waals surface area contributed by atoms with Gasteiger partial charge in [0.25, 0.3) is 11.5 Å². The van der Waals surface area contributed by atoms with Gasteiger partial charge in [-0.1, -0.05) is 0 Å². The number of hydrogen-bond donors (Lipinski definition) is 2. The van der Waals surface area contributed by atoms with E-state index in [0.29, 0.717) is 0 Å². The number of halogens is 4. The van der Waals surface area contributed by atoms with Crippen molar-refractivity contribution in [2.45, 2.75) is 18.6 Å². The van der Waals surface area contributed by atoms with E-state index in [1.54, 1.807) is 0 Å². The zero-order valence-electron chi connectivity index (χ0n) is 18.6. The molecular weight excluding hydrogens is 486 g/mol. The predicted molar refractivity (Wildman–Crippen MR) is 119 cm³/mol. The van der Waals surface area contributed by atoms with Crippen molar-refractivity contribution in [2.24, 2.45) is 0 Å². The number of carbonyl (C=O) groups is 2. The van der Waals surface area contributed by atoms with E-state index in [-0.39, 0.29) is 29.3 Å². The number of pyridine rings is 1. The Morgan fingerprint density at radius 1 is 1.08 bits per heavy atom. The lowest BCUT2D eigenvalue weighted by Crippen LogP contribution is -2.44. The first-order valence-electron chi connectivity index (χ1n) is 10.6. The Hall–Kier alpha value is -4.35. The van der Waals surface area contributed by atoms with Gasteiger partial charge in [0.15, 0.2) is 0 Å². The van der Waals surface area contributed by atoms with Crippen molar-refractivity contribution in [1.29, 1.82) is 0 Å². The van der Waals surface area contributed by atoms with Gasteiger partial charge in [0, 0.05) is 41.9 Å². The monoisotopic (exact) mass is 505 g/mol. The second kappa shape index (κ2) is 10.1. The number of rotatable bonds is 7. The van der Waals surface area contributed by atoms with Gasteiger partial charge in [-0.3, -0.25) is 14.4 Å². The molecule has 2 N–H and O–H groups in total. The highest BCUT2D eigenvalue weighted by Crippen LogP contribution is 2.35. The number of aromatic nitrogens is 1. The maximum atomic E-state index is 15.0. The summed E-state index contributed by atoms with van der Waals surface area (Å²) < 4.78 is 63.8. The zero-order chi connectivity index (χ0) is 26.0. The van der Waals surface area contributed by atoms with Crippen molar-refractivity contribution in [3.05, 3.63) is 87.8 Å². The van der Waals surface area contributed by atoms with Gasteiger partial charge >= 0.3 is 6.61 Å². The van der Waals surface area contributed by atoms with Crippen LogP contribution in [0.5, 0.6) is 11.5 Å². The second-order valence-corrected chi connectivity index (χ2v) is 7.80. The van der Waals surface area contributed by atoms with E-state index in [1.165, 1.54) is 37.6 Å². The van der Waals surface area contributed by atoms with Crippen LogP contribution in [-0.2, 0) is 4.79 Å². The zero-order valence-corrected chi connectivity index (χ0v) is 18.6. The molecule has 2 aromatic carbocycles. The van der Waals surface area contributed by atoms with Crippen LogP contribution < -0.4 is 25.2 Å². The lowest BCUT2D eigenvalue weighted by Gasteiger charge is -2.20. The highest BCUT2D eigenvalue weighted by atomic mass is 19.3. The molecule has 188 valence electrons. The van der Waals surface area contributed by atoms with Crippen molar-refractivity contribution >= 4 is 17.5 Å². The third-order valence-electron chi connectivity index (χ3n) is 5.69. The summed E-state index contributed by atoms with van der Waals surface area (Å²) in [5.74, 6) is -5.05. The van der Waals surface area contributed by atoms with Gasteiger partial charge in [-0.2, -0.15) is 8.78 Å². The largest absolute Gasteiger partial charge is 0.497 e. The Labute approximate surface area is 201 Å². The van der Waals surface area contributed by atoms with Gasteiger partial charge in [0.1, 0.15) is 34.9 Å². The molecule has 1 aliphatic heterocycles. The van der Waals surface area contributed by atoms with Gasteiger partial charge in [0.2, 0.25) is 5.91 Å². The van der Waals surface area contributed by atoms with Crippen LogP contribution in [0.1, 0.15) is 21.8 Å². The molecule has 1 saturated heterocycles. The fourth-order valence-electron chi connectivity index (χ4n) is 4.04. The number of aromatic amines is 1. The SMILES string of the molecule is COc1cc(F)c([C@@H]2CN(c3ccc[nH]c3=O)C(=O)[C@H]2NC(=O)c2ccc(OC(F)F)cc2)c(F)c1. The van der Waals surface area contributed by atoms with Crippen molar-refractivity contribution in [3.8, 4) is 11.5 Å². The number of nitrogens with zero attached hydrogens (tertiary/aromatic N) is 1. The summed E-state index contributed by atoms with van der Waals surface area (Å²) in [6.07, 6.45) is 1.35. The van der Waals surface area contributed by atoms with Crippen molar-refractivity contribution in [3.63, 3.8) is 0 Å². The normalized spacial score (nSPS) is 17.4. The Bertz CT molecular complexity index is 1320. The first kappa shape index (κ1) is 24.8. The van der Waals surface area contributed by atoms with E-state index < -0.39 is 53.1 Å². The number of anilines is 1. The van der Waals surface area contributed by atoms with E-state index in [4.69, 9.17) is 4.74 Å². The summed E-state index contributed by atoms with van der Waals surface area (Å²) in [6.45, 7) is -3.36. The maximum absolute atomic E-state index is 15.0. The van der Waals surface area contributed by atoms with Gasteiger partial charge < -0.3 is 24.7 Å². The summed E-state index contributed by atoms with van der Waals surface area (Å²) in [5.41, 5.74) is -1.16. The van der Waals surface area contributed by atoms with E-state index in [9.17, 15) is 31.9 Å². The average Bonchev–Trinajstić information content (AvgIpc) is 3.14. The topological polar surface area (TPSA) is 101 Å². The van der Waals surface area contributed by atoms with Crippen LogP contribution in [0.3, 0.4) is 0 Å². The summed E-state index contributed by atoms with van der Waals surface area (Å²) in [4.78, 5) is 42.0. The van der Waals surface area contributed by atoms with Gasteiger partial charge in [-0.25, -0.2) is 8.78 Å². The molecule has 1 fully saturated rings. The molecule has 36 heavy (non-hydrogen) atoms. The second-order valence-electron chi connectivity index (χ2n) is 7.80. The fraction of sp³-hybridized carbons (Fsp3) is 0.208. The van der Waals surface area contributed by atoms with Gasteiger partial charge in [0.05, 0.1) is 7.11 Å². The number of benzene rings is 2. The number of ether oxygens (including phenoxy) is 2. The molecular formula is C24H19F4N3O5. The number of amides is 2. The lowest BCUT2D eigenvalue weighted by molar-refractivity contribution is -0.118. The Morgan fingerprint density at radius 2 is 1.75 bits per heavy atom. The molecule has 1 aliphatic rings. The molecule has 0 saturated carbocycles. The van der Waals surface area contributed by atoms with E-state index in [2.05, 4.69) is 15.0 Å². The number of alkyl halides is 2. The number of H-pyrrole nitrogens is 1. The molecule has 2 heterocycles. The number of methoxy groups -OCH3 is 1. The fourth-order valence-corrected chi connectivity index (χ4v) is 4.04. The smallest absolute Gasteiger partial charge is 0.387 e. The van der Waals surface area contributed by atoms with Crippen molar-refractivity contribution < 1.29 is 36.6 Å². The minimum Gasteiger partial charge on any atom is -0.497 e. The molecule has 8 nitrogen and oxygen atoms in total. The van der Waals surface area contributed by atoms with Crippen LogP contribution in [0.2, 0.25) is 0 Å². The molecule has 4 rings (SSSR count). The Kier molecular flexibility index (Phi) is 6.95. The molecule has 2 atom stereocenters. The van der Waals surface area contributed by atoms with Crippen LogP contribution >= 0.6 is 0 Å². The molecule has 0 bridgehead atoms. The minimum absolute atomic E-state index is 0.0187. The molecule has 0 radical (unpaired) electrons. The summed E-state index contributed by atoms with van der Waals surface area (Å²) in [6, 6.07) is 7.92. The molecule has 12 heteroatoms. The van der Waals surface area contributed by atoms with E-state index in [0.717, 1.165) is 29.2 Å². The predicted octanol–water partition coefficient (Wildman–Crippen LogP) is 3.19. The van der Waals surface area contributed by atoms with E-state index in [1.807, 2.05) is 0 Å². The first-order valence-corrected chi connectivity index (χ1v) is 10.6. The average molecular weight is 505 g/mol. The van der Waals surface area contributed by atoms with Crippen LogP contribution in [0, 0.1) is 11.6 Å².